The van der Waals surface area contributed by atoms with E-state index < -0.39 is 32.5 Å². The summed E-state index contributed by atoms with van der Waals surface area (Å²) in [6.45, 7) is 4.09. The highest BCUT2D eigenvalue weighted by atomic mass is 31.2. The zero-order chi connectivity index (χ0) is 48.5. The van der Waals surface area contributed by atoms with E-state index in [9.17, 15) is 19.0 Å². The molecule has 9 nitrogen and oxygen atoms in total. The number of unbranched alkanes of at least 4 members (excludes halogenated alkanes) is 19. The number of ether oxygens (including phenoxy) is 2. The van der Waals surface area contributed by atoms with Gasteiger partial charge >= 0.3 is 11.9 Å². The topological polar surface area (TPSA) is 111 Å². The third kappa shape index (κ3) is 50.6. The highest BCUT2D eigenvalue weighted by molar-refractivity contribution is 7.45. The standard InChI is InChI=1S/C56H98NO8P/c1-6-8-10-12-14-16-18-20-22-24-25-26-27-28-29-30-31-33-35-37-39-41-43-45-47-49-56(59)65-54(53-64-66(60,61)63-51-50-57(3,4)5)52-62-55(58)48-46-44-42-40-38-36-34-32-23-21-19-17-15-13-11-9-7-2/h8,10,14,16,20-23,25-26,28-29,31,33,54H,6-7,9,11-13,15,17-19,24,27,30,32,34-53H2,1-5H3/b10-8-,16-14-,22-20-,23-21-,26-25-,29-28-,33-31-. The first-order valence-corrected chi connectivity index (χ1v) is 27.8. The predicted molar refractivity (Wildman–Crippen MR) is 277 cm³/mol. The van der Waals surface area contributed by atoms with Crippen LogP contribution in [0.4, 0.5) is 0 Å². The summed E-state index contributed by atoms with van der Waals surface area (Å²) < 4.78 is 34.0. The SMILES string of the molecule is CC/C=C\C/C=C\C/C=C\C/C=C\C/C=C\C/C=C\CCCCCCCCC(=O)OC(COC(=O)CCCCCCCCC/C=C\CCCCCCCC)COP(=O)([O-])OCC[N+](C)(C)C. The van der Waals surface area contributed by atoms with Crippen LogP contribution in [0, 0.1) is 0 Å². The number of allylic oxidation sites excluding steroid dienone is 14. The average Bonchev–Trinajstić information content (AvgIpc) is 3.27. The Balaban J connectivity index is 4.30. The molecule has 0 spiro atoms. The first-order valence-electron chi connectivity index (χ1n) is 26.3. The molecule has 0 amide bonds. The van der Waals surface area contributed by atoms with Gasteiger partial charge in [-0.15, -0.1) is 0 Å². The van der Waals surface area contributed by atoms with Crippen LogP contribution >= 0.6 is 7.82 Å². The van der Waals surface area contributed by atoms with Gasteiger partial charge in [0.15, 0.2) is 6.10 Å². The zero-order valence-electron chi connectivity index (χ0n) is 42.9. The van der Waals surface area contributed by atoms with Crippen molar-refractivity contribution < 1.29 is 42.1 Å². The molecule has 0 aliphatic rings. The Morgan fingerprint density at radius 1 is 0.485 bits per heavy atom. The quantitative estimate of drug-likeness (QED) is 0.0195. The maximum absolute atomic E-state index is 12.8. The minimum atomic E-state index is -4.64. The van der Waals surface area contributed by atoms with Crippen molar-refractivity contribution in [1.82, 2.24) is 0 Å². The van der Waals surface area contributed by atoms with Crippen LogP contribution in [0.5, 0.6) is 0 Å². The number of phosphoric ester groups is 1. The second kappa shape index (κ2) is 47.3. The van der Waals surface area contributed by atoms with Crippen molar-refractivity contribution >= 4 is 19.8 Å². The van der Waals surface area contributed by atoms with Crippen molar-refractivity contribution in [2.45, 2.75) is 213 Å². The third-order valence-electron chi connectivity index (χ3n) is 10.9. The fourth-order valence-corrected chi connectivity index (χ4v) is 7.56. The van der Waals surface area contributed by atoms with Gasteiger partial charge in [-0.3, -0.25) is 14.2 Å². The van der Waals surface area contributed by atoms with Crippen LogP contribution in [-0.4, -0.2) is 70.0 Å². The lowest BCUT2D eigenvalue weighted by molar-refractivity contribution is -0.870. The lowest BCUT2D eigenvalue weighted by Gasteiger charge is -2.28. The van der Waals surface area contributed by atoms with Crippen LogP contribution in [0.3, 0.4) is 0 Å². The van der Waals surface area contributed by atoms with E-state index in [2.05, 4.69) is 98.9 Å². The molecule has 10 heteroatoms. The molecule has 0 aromatic heterocycles. The number of hydrogen-bond acceptors (Lipinski definition) is 8. The van der Waals surface area contributed by atoms with Gasteiger partial charge < -0.3 is 27.9 Å². The molecule has 380 valence electrons. The number of phosphoric acid groups is 1. The van der Waals surface area contributed by atoms with E-state index in [0.29, 0.717) is 17.4 Å². The van der Waals surface area contributed by atoms with Crippen molar-refractivity contribution in [1.29, 1.82) is 0 Å². The van der Waals surface area contributed by atoms with Gasteiger partial charge in [0.1, 0.15) is 19.8 Å². The smallest absolute Gasteiger partial charge is 0.306 e. The Morgan fingerprint density at radius 2 is 0.864 bits per heavy atom. The summed E-state index contributed by atoms with van der Waals surface area (Å²) in [5.74, 6) is -0.859. The van der Waals surface area contributed by atoms with E-state index >= 15 is 0 Å². The second-order valence-corrected chi connectivity index (χ2v) is 19.9. The first kappa shape index (κ1) is 63.2. The van der Waals surface area contributed by atoms with Gasteiger partial charge in [0.2, 0.25) is 0 Å². The Kier molecular flexibility index (Phi) is 45.3. The number of rotatable bonds is 47. The van der Waals surface area contributed by atoms with E-state index in [4.69, 9.17) is 18.5 Å². The molecule has 2 unspecified atom stereocenters. The molecule has 0 aromatic rings. The monoisotopic (exact) mass is 944 g/mol. The molecule has 66 heavy (non-hydrogen) atoms. The predicted octanol–water partition coefficient (Wildman–Crippen LogP) is 15.3. The van der Waals surface area contributed by atoms with Crippen molar-refractivity contribution in [2.24, 2.45) is 0 Å². The molecular weight excluding hydrogens is 846 g/mol. The van der Waals surface area contributed by atoms with E-state index in [-0.39, 0.29) is 26.1 Å². The van der Waals surface area contributed by atoms with Crippen LogP contribution in [-0.2, 0) is 32.7 Å². The minimum Gasteiger partial charge on any atom is -0.756 e. The molecule has 0 radical (unpaired) electrons. The third-order valence-corrected chi connectivity index (χ3v) is 11.9. The highest BCUT2D eigenvalue weighted by Gasteiger charge is 2.21. The molecule has 0 fully saturated rings. The van der Waals surface area contributed by atoms with Crippen LogP contribution in [0.25, 0.3) is 0 Å². The Morgan fingerprint density at radius 3 is 1.30 bits per heavy atom. The Hall–Kier alpha value is -2.81. The molecule has 2 atom stereocenters. The molecule has 0 rings (SSSR count). The fourth-order valence-electron chi connectivity index (χ4n) is 6.83. The highest BCUT2D eigenvalue weighted by Crippen LogP contribution is 2.38. The lowest BCUT2D eigenvalue weighted by atomic mass is 10.1. The molecule has 0 bridgehead atoms. The average molecular weight is 944 g/mol. The fraction of sp³-hybridized carbons (Fsp3) is 0.714. The Bertz CT molecular complexity index is 1390. The summed E-state index contributed by atoms with van der Waals surface area (Å²) in [6.07, 6.45) is 61.8. The van der Waals surface area contributed by atoms with Crippen LogP contribution in [0.2, 0.25) is 0 Å². The van der Waals surface area contributed by atoms with Gasteiger partial charge in [-0.05, 0) is 89.9 Å². The first-order chi connectivity index (χ1) is 32.0. The number of quaternary nitrogens is 1. The summed E-state index contributed by atoms with van der Waals surface area (Å²) >= 11 is 0. The molecule has 0 saturated heterocycles. The van der Waals surface area contributed by atoms with E-state index in [1.165, 1.54) is 64.2 Å². The summed E-state index contributed by atoms with van der Waals surface area (Å²) in [5, 5.41) is 0. The maximum Gasteiger partial charge on any atom is 0.306 e. The molecule has 0 aliphatic carbocycles. The maximum atomic E-state index is 12.8. The molecule has 0 aromatic carbocycles. The van der Waals surface area contributed by atoms with Crippen molar-refractivity contribution in [3.05, 3.63) is 85.1 Å². The Labute approximate surface area is 405 Å². The molecule has 0 aliphatic heterocycles. The van der Waals surface area contributed by atoms with E-state index in [1.54, 1.807) is 0 Å². The summed E-state index contributed by atoms with van der Waals surface area (Å²) in [4.78, 5) is 37.8. The van der Waals surface area contributed by atoms with Crippen molar-refractivity contribution in [3.8, 4) is 0 Å². The van der Waals surface area contributed by atoms with Crippen LogP contribution in [0.1, 0.15) is 206 Å². The number of carbonyl (C=O) groups excluding carboxylic acids is 2. The lowest BCUT2D eigenvalue weighted by Crippen LogP contribution is -2.37. The molecular formula is C56H98NO8P. The van der Waals surface area contributed by atoms with Crippen LogP contribution in [0.15, 0.2) is 85.1 Å². The summed E-state index contributed by atoms with van der Waals surface area (Å²) in [6, 6.07) is 0. The van der Waals surface area contributed by atoms with Crippen molar-refractivity contribution in [3.63, 3.8) is 0 Å². The second-order valence-electron chi connectivity index (χ2n) is 18.5. The van der Waals surface area contributed by atoms with Gasteiger partial charge in [0, 0.05) is 12.8 Å². The van der Waals surface area contributed by atoms with Gasteiger partial charge in [-0.25, -0.2) is 0 Å². The molecule has 0 heterocycles. The van der Waals surface area contributed by atoms with Gasteiger partial charge in [-0.2, -0.15) is 0 Å². The van der Waals surface area contributed by atoms with E-state index in [0.717, 1.165) is 109 Å². The summed E-state index contributed by atoms with van der Waals surface area (Å²) in [5.41, 5.74) is 0. The summed E-state index contributed by atoms with van der Waals surface area (Å²) in [7, 11) is 1.14. The zero-order valence-corrected chi connectivity index (χ0v) is 43.8. The van der Waals surface area contributed by atoms with Gasteiger partial charge in [0.05, 0.1) is 27.7 Å². The minimum absolute atomic E-state index is 0.0388. The number of hydrogen-bond donors (Lipinski definition) is 0. The number of likely N-dealkylation sites (N-methyl/N-ethyl adjacent to an activating group) is 1. The van der Waals surface area contributed by atoms with Gasteiger partial charge in [-0.1, -0.05) is 189 Å². The normalized spacial score (nSPS) is 14.1. The number of esters is 2. The molecule has 0 N–H and O–H groups in total. The van der Waals surface area contributed by atoms with Gasteiger partial charge in [0.25, 0.3) is 7.82 Å². The van der Waals surface area contributed by atoms with E-state index in [1.807, 2.05) is 21.1 Å². The largest absolute Gasteiger partial charge is 0.756 e. The van der Waals surface area contributed by atoms with Crippen molar-refractivity contribution in [2.75, 3.05) is 47.5 Å². The van der Waals surface area contributed by atoms with Crippen LogP contribution < -0.4 is 4.89 Å². The number of nitrogens with zero attached hydrogens (tertiary/aromatic N) is 1. The molecule has 0 saturated carbocycles. The number of carbonyl (C=O) groups is 2.